The number of H-pyrrole nitrogens is 1. The zero-order valence-electron chi connectivity index (χ0n) is 17.3. The van der Waals surface area contributed by atoms with E-state index < -0.39 is 11.6 Å². The van der Waals surface area contributed by atoms with E-state index in [1.807, 2.05) is 36.2 Å². The Morgan fingerprint density at radius 1 is 1.06 bits per heavy atom. The summed E-state index contributed by atoms with van der Waals surface area (Å²) < 4.78 is 30.0. The van der Waals surface area contributed by atoms with Crippen LogP contribution in [0.4, 0.5) is 14.6 Å². The van der Waals surface area contributed by atoms with Crippen molar-refractivity contribution in [3.63, 3.8) is 0 Å². The summed E-state index contributed by atoms with van der Waals surface area (Å²) in [6.07, 6.45) is 5.13. The summed E-state index contributed by atoms with van der Waals surface area (Å²) in [5.41, 5.74) is 4.09. The smallest absolute Gasteiger partial charge is 0.178 e. The highest BCUT2D eigenvalue weighted by molar-refractivity contribution is 5.81. The molecule has 1 saturated heterocycles. The molecule has 0 radical (unpaired) electrons. The van der Waals surface area contributed by atoms with Gasteiger partial charge in [-0.1, -0.05) is 0 Å². The van der Waals surface area contributed by atoms with Crippen LogP contribution in [0.5, 0.6) is 0 Å². The van der Waals surface area contributed by atoms with Crippen molar-refractivity contribution in [2.75, 3.05) is 11.4 Å². The molecule has 1 aliphatic heterocycles. The first-order chi connectivity index (χ1) is 15.6. The first-order valence-electron chi connectivity index (χ1n) is 10.5. The number of hydrogen-bond donors (Lipinski definition) is 1. The van der Waals surface area contributed by atoms with Crippen LogP contribution in [0, 0.1) is 18.6 Å². The van der Waals surface area contributed by atoms with Gasteiger partial charge >= 0.3 is 0 Å². The van der Waals surface area contributed by atoms with Gasteiger partial charge in [-0.3, -0.25) is 0 Å². The van der Waals surface area contributed by atoms with Crippen LogP contribution < -0.4 is 4.90 Å². The molecule has 0 unspecified atom stereocenters. The Hall–Kier alpha value is -3.88. The van der Waals surface area contributed by atoms with Gasteiger partial charge in [0.15, 0.2) is 11.3 Å². The summed E-state index contributed by atoms with van der Waals surface area (Å²) in [7, 11) is 0. The van der Waals surface area contributed by atoms with Crippen LogP contribution in [-0.4, -0.2) is 36.1 Å². The number of imidazole rings is 1. The number of rotatable bonds is 3. The number of halogens is 2. The number of pyridine rings is 1. The topological polar surface area (TPSA) is 75.0 Å². The minimum Gasteiger partial charge on any atom is -0.349 e. The number of anilines is 1. The predicted octanol–water partition coefficient (Wildman–Crippen LogP) is 4.60. The van der Waals surface area contributed by atoms with E-state index in [0.717, 1.165) is 35.7 Å². The van der Waals surface area contributed by atoms with Gasteiger partial charge in [-0.25, -0.2) is 28.2 Å². The minimum atomic E-state index is -0.441. The van der Waals surface area contributed by atoms with Crippen molar-refractivity contribution in [1.82, 2.24) is 29.5 Å². The molecule has 0 aliphatic carbocycles. The fourth-order valence-electron chi connectivity index (χ4n) is 4.44. The number of hydrogen-bond acceptors (Lipinski definition) is 5. The molecular formula is C23H19F2N7. The summed E-state index contributed by atoms with van der Waals surface area (Å²) in [6.45, 7) is 2.63. The normalized spacial score (nSPS) is 16.5. The third kappa shape index (κ3) is 3.00. The molecule has 4 aromatic heterocycles. The molecule has 0 saturated carbocycles. The zero-order chi connectivity index (χ0) is 21.8. The van der Waals surface area contributed by atoms with Crippen molar-refractivity contribution < 1.29 is 8.78 Å². The molecule has 1 atom stereocenters. The standard InChI is InChI=1S/C23H19F2N7/c1-13-4-7-18-22(27-13)30-21(28-18)16-12-26-32-10-8-20(29-23(16)32)31-9-2-3-19(31)15-11-14(24)5-6-17(15)25/h4-8,10-12,19H,2-3,9H2,1H3,(H,27,28,30)/t19-/m1/s1. The Kier molecular flexibility index (Phi) is 4.17. The largest absolute Gasteiger partial charge is 0.349 e. The Bertz CT molecular complexity index is 1470. The Labute approximate surface area is 181 Å². The second-order valence-electron chi connectivity index (χ2n) is 8.04. The third-order valence-corrected chi connectivity index (χ3v) is 5.96. The van der Waals surface area contributed by atoms with Gasteiger partial charge in [0.1, 0.15) is 23.3 Å². The van der Waals surface area contributed by atoms with Crippen molar-refractivity contribution in [2.45, 2.75) is 25.8 Å². The first kappa shape index (κ1) is 18.9. The van der Waals surface area contributed by atoms with E-state index in [1.54, 1.807) is 10.7 Å². The lowest BCUT2D eigenvalue weighted by Gasteiger charge is -2.26. The fraction of sp³-hybridized carbons (Fsp3) is 0.217. The maximum Gasteiger partial charge on any atom is 0.178 e. The molecule has 0 spiro atoms. The van der Waals surface area contributed by atoms with E-state index in [-0.39, 0.29) is 6.04 Å². The molecule has 1 fully saturated rings. The van der Waals surface area contributed by atoms with Gasteiger partial charge in [0.05, 0.1) is 23.3 Å². The molecule has 7 nitrogen and oxygen atoms in total. The van der Waals surface area contributed by atoms with Crippen molar-refractivity contribution in [3.05, 3.63) is 71.7 Å². The molecule has 5 aromatic rings. The van der Waals surface area contributed by atoms with E-state index >= 15 is 0 Å². The number of fused-ring (bicyclic) bond motifs is 2. The summed E-state index contributed by atoms with van der Waals surface area (Å²) in [5, 5.41) is 4.40. The predicted molar refractivity (Wildman–Crippen MR) is 116 cm³/mol. The van der Waals surface area contributed by atoms with Gasteiger partial charge in [-0.15, -0.1) is 0 Å². The van der Waals surface area contributed by atoms with Crippen LogP contribution in [0.25, 0.3) is 28.2 Å². The van der Waals surface area contributed by atoms with Gasteiger partial charge in [-0.2, -0.15) is 5.10 Å². The molecule has 1 N–H and O–H groups in total. The molecule has 32 heavy (non-hydrogen) atoms. The Morgan fingerprint density at radius 2 is 1.97 bits per heavy atom. The molecule has 1 aromatic carbocycles. The highest BCUT2D eigenvalue weighted by atomic mass is 19.1. The average molecular weight is 431 g/mol. The fourth-order valence-corrected chi connectivity index (χ4v) is 4.44. The van der Waals surface area contributed by atoms with Gasteiger partial charge in [0, 0.05) is 24.0 Å². The molecule has 6 rings (SSSR count). The average Bonchev–Trinajstić information content (AvgIpc) is 3.52. The molecule has 5 heterocycles. The number of nitrogens with zero attached hydrogens (tertiary/aromatic N) is 6. The molecular weight excluding hydrogens is 412 g/mol. The number of aryl methyl sites for hydroxylation is 1. The van der Waals surface area contributed by atoms with Gasteiger partial charge in [0.2, 0.25) is 0 Å². The van der Waals surface area contributed by atoms with Crippen molar-refractivity contribution >= 4 is 22.6 Å². The number of aromatic amines is 1. The zero-order valence-corrected chi connectivity index (χ0v) is 17.3. The second-order valence-corrected chi connectivity index (χ2v) is 8.04. The van der Waals surface area contributed by atoms with Crippen molar-refractivity contribution in [2.24, 2.45) is 0 Å². The molecule has 1 aliphatic rings. The summed E-state index contributed by atoms with van der Waals surface area (Å²) in [4.78, 5) is 19.2. The van der Waals surface area contributed by atoms with Gasteiger partial charge in [0.25, 0.3) is 0 Å². The molecule has 0 amide bonds. The van der Waals surface area contributed by atoms with Crippen LogP contribution in [-0.2, 0) is 0 Å². The highest BCUT2D eigenvalue weighted by Crippen LogP contribution is 2.37. The lowest BCUT2D eigenvalue weighted by Crippen LogP contribution is -2.24. The van der Waals surface area contributed by atoms with E-state index in [9.17, 15) is 8.78 Å². The van der Waals surface area contributed by atoms with Gasteiger partial charge in [-0.05, 0) is 56.2 Å². The summed E-state index contributed by atoms with van der Waals surface area (Å²) in [5.74, 6) is 0.477. The number of aromatic nitrogens is 6. The maximum absolute atomic E-state index is 14.5. The van der Waals surface area contributed by atoms with Crippen LogP contribution >= 0.6 is 0 Å². The monoisotopic (exact) mass is 431 g/mol. The number of benzene rings is 1. The van der Waals surface area contributed by atoms with E-state index in [4.69, 9.17) is 4.98 Å². The lowest BCUT2D eigenvalue weighted by atomic mass is 10.0. The SMILES string of the molecule is Cc1ccc2[nH]c(-c3cnn4ccc(N5CCC[C@@H]5c5cc(F)ccc5F)nc34)nc2n1. The first-order valence-corrected chi connectivity index (χ1v) is 10.5. The van der Waals surface area contributed by atoms with Crippen LogP contribution in [0.15, 0.2) is 48.8 Å². The third-order valence-electron chi connectivity index (χ3n) is 5.96. The Morgan fingerprint density at radius 3 is 2.88 bits per heavy atom. The lowest BCUT2D eigenvalue weighted by molar-refractivity contribution is 0.560. The molecule has 160 valence electrons. The number of nitrogens with one attached hydrogen (secondary N) is 1. The summed E-state index contributed by atoms with van der Waals surface area (Å²) >= 11 is 0. The summed E-state index contributed by atoms with van der Waals surface area (Å²) in [6, 6.07) is 9.06. The van der Waals surface area contributed by atoms with Crippen molar-refractivity contribution in [3.8, 4) is 11.4 Å². The van der Waals surface area contributed by atoms with Crippen LogP contribution in [0.1, 0.15) is 30.1 Å². The minimum absolute atomic E-state index is 0.273. The van der Waals surface area contributed by atoms with E-state index in [2.05, 4.69) is 20.1 Å². The van der Waals surface area contributed by atoms with E-state index in [0.29, 0.717) is 35.0 Å². The van der Waals surface area contributed by atoms with Crippen LogP contribution in [0.3, 0.4) is 0 Å². The maximum atomic E-state index is 14.5. The highest BCUT2D eigenvalue weighted by Gasteiger charge is 2.30. The van der Waals surface area contributed by atoms with Gasteiger partial charge < -0.3 is 9.88 Å². The van der Waals surface area contributed by atoms with E-state index in [1.165, 1.54) is 12.1 Å². The Balaban J connectivity index is 1.43. The molecule has 9 heteroatoms. The molecule has 0 bridgehead atoms. The second kappa shape index (κ2) is 7.08. The van der Waals surface area contributed by atoms with Crippen LogP contribution in [0.2, 0.25) is 0 Å². The van der Waals surface area contributed by atoms with Crippen molar-refractivity contribution in [1.29, 1.82) is 0 Å². The quantitative estimate of drug-likeness (QED) is 0.452.